The second kappa shape index (κ2) is 7.69. The Morgan fingerprint density at radius 3 is 2.31 bits per heavy atom. The van der Waals surface area contributed by atoms with E-state index in [-0.39, 0.29) is 44.5 Å². The van der Waals surface area contributed by atoms with Crippen LogP contribution in [-0.4, -0.2) is 17.9 Å². The Morgan fingerprint density at radius 2 is 2.00 bits per heavy atom. The summed E-state index contributed by atoms with van der Waals surface area (Å²) < 4.78 is 0. The molecule has 0 saturated heterocycles. The monoisotopic (exact) mass is 257 g/mol. The van der Waals surface area contributed by atoms with Crippen molar-refractivity contribution in [3.05, 3.63) is 11.8 Å². The standard InChI is InChI=1S/C10H18NO.Y/c1-6-8(3)10(12)11(5)9(4)7-2;/h8H,6H2,1-5H3;/q-1;. The summed E-state index contributed by atoms with van der Waals surface area (Å²) in [6, 6.07) is 0. The average molecular weight is 257 g/mol. The van der Waals surface area contributed by atoms with Gasteiger partial charge in [-0.3, -0.25) is 4.79 Å². The van der Waals surface area contributed by atoms with Crippen LogP contribution in [0.1, 0.15) is 34.1 Å². The van der Waals surface area contributed by atoms with Crippen molar-refractivity contribution in [2.45, 2.75) is 34.1 Å². The minimum atomic E-state index is 0. The van der Waals surface area contributed by atoms with Gasteiger partial charge in [0.2, 0.25) is 5.91 Å². The van der Waals surface area contributed by atoms with Crippen molar-refractivity contribution < 1.29 is 37.5 Å². The Bertz CT molecular complexity index is 189. The maximum absolute atomic E-state index is 11.5. The van der Waals surface area contributed by atoms with Crippen LogP contribution < -0.4 is 0 Å². The summed E-state index contributed by atoms with van der Waals surface area (Å²) in [5.41, 5.74) is 0.889. The molecule has 0 fully saturated rings. The Morgan fingerprint density at radius 1 is 1.54 bits per heavy atom. The number of rotatable bonds is 3. The molecule has 0 spiro atoms. The maximum atomic E-state index is 11.5. The van der Waals surface area contributed by atoms with E-state index in [0.29, 0.717) is 0 Å². The van der Waals surface area contributed by atoms with Gasteiger partial charge in [-0.2, -0.15) is 12.6 Å². The second-order valence-corrected chi connectivity index (χ2v) is 3.04. The number of carbonyl (C=O) groups excluding carboxylic acids is 1. The minimum Gasteiger partial charge on any atom is -0.479 e. The molecule has 0 saturated carbocycles. The second-order valence-electron chi connectivity index (χ2n) is 3.04. The van der Waals surface area contributed by atoms with E-state index in [2.05, 4.69) is 6.08 Å². The van der Waals surface area contributed by atoms with Crippen molar-refractivity contribution in [3.63, 3.8) is 0 Å². The Labute approximate surface area is 107 Å². The molecule has 0 aliphatic rings. The van der Waals surface area contributed by atoms with Gasteiger partial charge in [-0.05, 0) is 6.42 Å². The molecule has 3 heteroatoms. The van der Waals surface area contributed by atoms with Crippen LogP contribution in [0.15, 0.2) is 5.70 Å². The SMILES string of the molecule is C[C-]=C(C)N(C)C(=O)C(C)CC.[Y]. The average Bonchev–Trinajstić information content (AvgIpc) is 2.12. The molecule has 1 radical (unpaired) electrons. The summed E-state index contributed by atoms with van der Waals surface area (Å²) in [5.74, 6) is 0.280. The smallest absolute Gasteiger partial charge is 0.226 e. The van der Waals surface area contributed by atoms with Crippen LogP contribution in [0.4, 0.5) is 0 Å². The summed E-state index contributed by atoms with van der Waals surface area (Å²) in [6.07, 6.45) is 3.84. The van der Waals surface area contributed by atoms with Gasteiger partial charge in [0, 0.05) is 45.7 Å². The first-order valence-corrected chi connectivity index (χ1v) is 4.33. The zero-order valence-corrected chi connectivity index (χ0v) is 12.1. The van der Waals surface area contributed by atoms with Gasteiger partial charge in [0.15, 0.2) is 0 Å². The van der Waals surface area contributed by atoms with Crippen LogP contribution in [0.2, 0.25) is 0 Å². The van der Waals surface area contributed by atoms with Crippen molar-refractivity contribution in [2.75, 3.05) is 7.05 Å². The molecule has 0 heterocycles. The van der Waals surface area contributed by atoms with Crippen molar-refractivity contribution >= 4 is 5.91 Å². The first-order chi connectivity index (χ1) is 5.54. The summed E-state index contributed by atoms with van der Waals surface area (Å²) in [4.78, 5) is 13.2. The largest absolute Gasteiger partial charge is 0.479 e. The van der Waals surface area contributed by atoms with E-state index in [9.17, 15) is 4.79 Å². The van der Waals surface area contributed by atoms with Gasteiger partial charge in [-0.1, -0.05) is 20.8 Å². The number of allylic oxidation sites excluding steroid dienone is 2. The maximum Gasteiger partial charge on any atom is 0.226 e. The molecule has 73 valence electrons. The van der Waals surface area contributed by atoms with Gasteiger partial charge in [-0.25, -0.2) is 0 Å². The topological polar surface area (TPSA) is 20.3 Å². The molecule has 1 amide bonds. The van der Waals surface area contributed by atoms with E-state index in [4.69, 9.17) is 0 Å². The summed E-state index contributed by atoms with van der Waals surface area (Å²) >= 11 is 0. The van der Waals surface area contributed by atoms with E-state index in [1.165, 1.54) is 0 Å². The van der Waals surface area contributed by atoms with Crippen LogP contribution in [0.3, 0.4) is 0 Å². The molecule has 0 aromatic heterocycles. The Kier molecular flexibility index (Phi) is 9.33. The van der Waals surface area contributed by atoms with E-state index in [1.807, 2.05) is 27.7 Å². The fourth-order valence-corrected chi connectivity index (χ4v) is 0.838. The quantitative estimate of drug-likeness (QED) is 0.710. The van der Waals surface area contributed by atoms with E-state index in [0.717, 1.165) is 12.1 Å². The van der Waals surface area contributed by atoms with Gasteiger partial charge in [-0.15, -0.1) is 0 Å². The van der Waals surface area contributed by atoms with Gasteiger partial charge < -0.3 is 11.0 Å². The van der Waals surface area contributed by atoms with Crippen LogP contribution >= 0.6 is 0 Å². The molecule has 0 N–H and O–H groups in total. The van der Waals surface area contributed by atoms with Crippen LogP contribution in [0, 0.1) is 12.0 Å². The van der Waals surface area contributed by atoms with Crippen molar-refractivity contribution in [3.8, 4) is 0 Å². The molecule has 0 aliphatic carbocycles. The molecule has 1 unspecified atom stereocenters. The van der Waals surface area contributed by atoms with E-state index >= 15 is 0 Å². The fourth-order valence-electron chi connectivity index (χ4n) is 0.838. The molecule has 0 aromatic carbocycles. The molecule has 0 aliphatic heterocycles. The van der Waals surface area contributed by atoms with Crippen LogP contribution in [0.25, 0.3) is 0 Å². The van der Waals surface area contributed by atoms with Gasteiger partial charge in [0.05, 0.1) is 0 Å². The summed E-state index contributed by atoms with van der Waals surface area (Å²) in [5, 5.41) is 0. The Balaban J connectivity index is 0. The molecule has 1 atom stereocenters. The first kappa shape index (κ1) is 15.8. The third-order valence-corrected chi connectivity index (χ3v) is 2.23. The third-order valence-electron chi connectivity index (χ3n) is 2.23. The van der Waals surface area contributed by atoms with Gasteiger partial charge >= 0.3 is 0 Å². The van der Waals surface area contributed by atoms with Crippen molar-refractivity contribution in [2.24, 2.45) is 5.92 Å². The predicted molar refractivity (Wildman–Crippen MR) is 50.3 cm³/mol. The van der Waals surface area contributed by atoms with Crippen molar-refractivity contribution in [1.82, 2.24) is 4.90 Å². The zero-order valence-electron chi connectivity index (χ0n) is 9.22. The zero-order chi connectivity index (χ0) is 9.72. The summed E-state index contributed by atoms with van der Waals surface area (Å²) in [6.45, 7) is 7.67. The fraction of sp³-hybridized carbons (Fsp3) is 0.700. The third kappa shape index (κ3) is 4.92. The normalized spacial score (nSPS) is 13.2. The predicted octanol–water partition coefficient (Wildman–Crippen LogP) is 2.22. The molecular formula is C10H18NOY-. The first-order valence-electron chi connectivity index (χ1n) is 4.33. The minimum absolute atomic E-state index is 0. The molecule has 0 aromatic rings. The number of amides is 1. The number of hydrogen-bond donors (Lipinski definition) is 0. The summed E-state index contributed by atoms with van der Waals surface area (Å²) in [7, 11) is 1.79. The molecular weight excluding hydrogens is 239 g/mol. The molecule has 0 bridgehead atoms. The number of hydrogen-bond acceptors (Lipinski definition) is 1. The van der Waals surface area contributed by atoms with Gasteiger partial charge in [0.25, 0.3) is 0 Å². The number of carbonyl (C=O) groups is 1. The van der Waals surface area contributed by atoms with Crippen molar-refractivity contribution in [1.29, 1.82) is 0 Å². The molecule has 0 rings (SSSR count). The van der Waals surface area contributed by atoms with Crippen LogP contribution in [0.5, 0.6) is 0 Å². The molecule has 13 heavy (non-hydrogen) atoms. The van der Waals surface area contributed by atoms with Crippen LogP contribution in [-0.2, 0) is 37.5 Å². The van der Waals surface area contributed by atoms with Gasteiger partial charge in [0.1, 0.15) is 0 Å². The Hall–Kier alpha value is 0.314. The number of nitrogens with zero attached hydrogens (tertiary/aromatic N) is 1. The van der Waals surface area contributed by atoms with E-state index < -0.39 is 0 Å². The molecule has 2 nitrogen and oxygen atoms in total. The van der Waals surface area contributed by atoms with E-state index in [1.54, 1.807) is 11.9 Å².